The minimum absolute atomic E-state index is 0.195. The number of hydrogen-bond donors (Lipinski definition) is 3. The minimum atomic E-state index is -1.000. The predicted octanol–water partition coefficient (Wildman–Crippen LogP) is 3.70. The van der Waals surface area contributed by atoms with Crippen molar-refractivity contribution in [1.29, 1.82) is 0 Å². The molecular formula is C25H25FN2O7. The Hall–Kier alpha value is -4.47. The number of nitrogens with one attached hydrogen (secondary N) is 1. The second-order valence-electron chi connectivity index (χ2n) is 7.51. The molecule has 2 aromatic carbocycles. The number of carbonyl (C=O) groups is 4. The molecule has 2 aromatic rings. The molecule has 2 amide bonds. The number of cyclic esters (lactones) is 1. The van der Waals surface area contributed by atoms with Crippen LogP contribution in [0.4, 0.5) is 14.9 Å². The number of carboxylic acids is 2. The summed E-state index contributed by atoms with van der Waals surface area (Å²) in [5.74, 6) is -2.71. The van der Waals surface area contributed by atoms with Gasteiger partial charge in [0, 0.05) is 24.1 Å². The summed E-state index contributed by atoms with van der Waals surface area (Å²) in [6.45, 7) is 6.24. The summed E-state index contributed by atoms with van der Waals surface area (Å²) in [5, 5.41) is 19.1. The molecule has 3 rings (SSSR count). The Kier molecular flexibility index (Phi) is 9.27. The van der Waals surface area contributed by atoms with Crippen LogP contribution in [0.25, 0.3) is 17.2 Å². The van der Waals surface area contributed by atoms with E-state index in [-0.39, 0.29) is 24.6 Å². The van der Waals surface area contributed by atoms with E-state index in [2.05, 4.69) is 11.9 Å². The summed E-state index contributed by atoms with van der Waals surface area (Å²) < 4.78 is 20.0. The van der Waals surface area contributed by atoms with Gasteiger partial charge < -0.3 is 20.3 Å². The number of amides is 2. The lowest BCUT2D eigenvalue weighted by atomic mass is 10.0. The summed E-state index contributed by atoms with van der Waals surface area (Å²) in [7, 11) is 0. The Bertz CT molecular complexity index is 1160. The smallest absolute Gasteiger partial charge is 0.414 e. The van der Waals surface area contributed by atoms with Crippen LogP contribution in [-0.4, -0.2) is 53.3 Å². The fourth-order valence-electron chi connectivity index (χ4n) is 3.07. The normalized spacial score (nSPS) is 14.9. The molecule has 184 valence electrons. The summed E-state index contributed by atoms with van der Waals surface area (Å²) in [5.41, 5.74) is 2.24. The molecule has 0 aliphatic carbocycles. The number of benzene rings is 2. The third-order valence-electron chi connectivity index (χ3n) is 4.83. The van der Waals surface area contributed by atoms with Gasteiger partial charge in [-0.05, 0) is 42.3 Å². The molecule has 0 unspecified atom stereocenters. The van der Waals surface area contributed by atoms with Crippen LogP contribution >= 0.6 is 0 Å². The largest absolute Gasteiger partial charge is 0.478 e. The van der Waals surface area contributed by atoms with Gasteiger partial charge in [0.15, 0.2) is 0 Å². The lowest BCUT2D eigenvalue weighted by Gasteiger charge is -2.14. The van der Waals surface area contributed by atoms with Crippen LogP contribution in [0.1, 0.15) is 19.4 Å². The molecule has 1 atom stereocenters. The summed E-state index contributed by atoms with van der Waals surface area (Å²) in [6.07, 6.45) is 1.27. The van der Waals surface area contributed by atoms with Gasteiger partial charge in [-0.3, -0.25) is 9.69 Å². The van der Waals surface area contributed by atoms with Crippen LogP contribution in [-0.2, 0) is 19.1 Å². The molecule has 0 saturated carbocycles. The molecule has 1 fully saturated rings. The van der Waals surface area contributed by atoms with E-state index in [0.29, 0.717) is 22.4 Å². The van der Waals surface area contributed by atoms with Crippen LogP contribution in [0.3, 0.4) is 0 Å². The lowest BCUT2D eigenvalue weighted by Crippen LogP contribution is -2.33. The first-order valence-electron chi connectivity index (χ1n) is 10.4. The van der Waals surface area contributed by atoms with Gasteiger partial charge in [0.2, 0.25) is 5.91 Å². The van der Waals surface area contributed by atoms with Gasteiger partial charge in [0.1, 0.15) is 11.9 Å². The van der Waals surface area contributed by atoms with Gasteiger partial charge >= 0.3 is 18.0 Å². The number of hydrogen-bond acceptors (Lipinski definition) is 5. The molecule has 9 nitrogen and oxygen atoms in total. The zero-order valence-electron chi connectivity index (χ0n) is 19.2. The zero-order valence-corrected chi connectivity index (χ0v) is 19.2. The first-order chi connectivity index (χ1) is 16.5. The average Bonchev–Trinajstić information content (AvgIpc) is 3.19. The van der Waals surface area contributed by atoms with E-state index < -0.39 is 30.0 Å². The summed E-state index contributed by atoms with van der Waals surface area (Å²) >= 11 is 0. The fourth-order valence-corrected chi connectivity index (χ4v) is 3.07. The summed E-state index contributed by atoms with van der Waals surface area (Å²) in [6, 6.07) is 11.3. The minimum Gasteiger partial charge on any atom is -0.478 e. The number of halogens is 1. The van der Waals surface area contributed by atoms with Crippen molar-refractivity contribution in [3.05, 3.63) is 72.1 Å². The van der Waals surface area contributed by atoms with Gasteiger partial charge in [-0.25, -0.2) is 18.8 Å². The molecule has 35 heavy (non-hydrogen) atoms. The quantitative estimate of drug-likeness (QED) is 0.510. The number of ether oxygens (including phenoxy) is 1. The van der Waals surface area contributed by atoms with Crippen molar-refractivity contribution in [1.82, 2.24) is 5.32 Å². The Morgan fingerprint density at radius 3 is 2.31 bits per heavy atom. The highest BCUT2D eigenvalue weighted by Gasteiger charge is 2.32. The van der Waals surface area contributed by atoms with Crippen LogP contribution in [0, 0.1) is 5.82 Å². The Labute approximate surface area is 201 Å². The number of rotatable bonds is 7. The monoisotopic (exact) mass is 484 g/mol. The molecule has 0 bridgehead atoms. The molecule has 3 N–H and O–H groups in total. The molecule has 1 aliphatic heterocycles. The summed E-state index contributed by atoms with van der Waals surface area (Å²) in [4.78, 5) is 44.6. The SMILES string of the molecule is C=CC(=O)O.CC(=O)NC[C@H]1CN(c2ccc(-c3ccc(/C=C(\C)C(=O)O)cc3)c(F)c2)C(=O)O1. The van der Waals surface area contributed by atoms with Gasteiger partial charge in [-0.15, -0.1) is 0 Å². The van der Waals surface area contributed by atoms with E-state index in [1.54, 1.807) is 36.4 Å². The van der Waals surface area contributed by atoms with Crippen molar-refractivity contribution in [3.63, 3.8) is 0 Å². The molecular weight excluding hydrogens is 459 g/mol. The van der Waals surface area contributed by atoms with Crippen molar-refractivity contribution in [2.75, 3.05) is 18.0 Å². The average molecular weight is 484 g/mol. The topological polar surface area (TPSA) is 133 Å². The van der Waals surface area contributed by atoms with Crippen molar-refractivity contribution in [2.24, 2.45) is 0 Å². The van der Waals surface area contributed by atoms with Crippen LogP contribution in [0.2, 0.25) is 0 Å². The number of anilines is 1. The van der Waals surface area contributed by atoms with Gasteiger partial charge in [0.05, 0.1) is 18.8 Å². The van der Waals surface area contributed by atoms with Gasteiger partial charge in [-0.1, -0.05) is 30.8 Å². The lowest BCUT2D eigenvalue weighted by molar-refractivity contribution is -0.133. The third-order valence-corrected chi connectivity index (χ3v) is 4.83. The number of carboxylic acid groups (broad SMARTS) is 2. The molecule has 0 radical (unpaired) electrons. The van der Waals surface area contributed by atoms with E-state index in [9.17, 15) is 23.6 Å². The standard InChI is InChI=1S/C22H21FN2O5.C3H4O2/c1-13(21(27)28)9-15-3-5-16(6-4-15)19-8-7-17(10-20(19)23)25-12-18(30-22(25)29)11-24-14(2)26;1-2-3(4)5/h3-10,18H,11-12H2,1-2H3,(H,24,26)(H,27,28);2H,1H2,(H,4,5)/b13-9+;/t18-;/m0./s1. The maximum Gasteiger partial charge on any atom is 0.414 e. The van der Waals surface area contributed by atoms with E-state index in [4.69, 9.17) is 14.9 Å². The molecule has 0 aromatic heterocycles. The second-order valence-corrected chi connectivity index (χ2v) is 7.51. The van der Waals surface area contributed by atoms with E-state index in [1.807, 2.05) is 0 Å². The molecule has 10 heteroatoms. The van der Waals surface area contributed by atoms with E-state index in [1.165, 1.54) is 30.9 Å². The Balaban J connectivity index is 0.000000784. The maximum absolute atomic E-state index is 14.8. The maximum atomic E-state index is 14.8. The molecule has 0 spiro atoms. The highest BCUT2D eigenvalue weighted by molar-refractivity contribution is 5.92. The van der Waals surface area contributed by atoms with Crippen molar-refractivity contribution in [3.8, 4) is 11.1 Å². The number of carbonyl (C=O) groups excluding carboxylic acids is 2. The van der Waals surface area contributed by atoms with E-state index in [0.717, 1.165) is 6.08 Å². The highest BCUT2D eigenvalue weighted by Crippen LogP contribution is 2.29. The zero-order chi connectivity index (χ0) is 26.1. The first kappa shape index (κ1) is 26.8. The second kappa shape index (κ2) is 12.1. The van der Waals surface area contributed by atoms with E-state index >= 15 is 0 Å². The molecule has 1 aliphatic rings. The van der Waals surface area contributed by atoms with Crippen LogP contribution in [0.15, 0.2) is 60.7 Å². The van der Waals surface area contributed by atoms with Crippen molar-refractivity contribution < 1.29 is 38.5 Å². The number of aliphatic carboxylic acids is 2. The van der Waals surface area contributed by atoms with Crippen molar-refractivity contribution in [2.45, 2.75) is 20.0 Å². The van der Waals surface area contributed by atoms with Crippen LogP contribution in [0.5, 0.6) is 0 Å². The molecule has 1 saturated heterocycles. The Morgan fingerprint density at radius 1 is 1.17 bits per heavy atom. The molecule has 1 heterocycles. The van der Waals surface area contributed by atoms with Crippen molar-refractivity contribution >= 4 is 35.7 Å². The Morgan fingerprint density at radius 2 is 1.80 bits per heavy atom. The predicted molar refractivity (Wildman–Crippen MR) is 127 cm³/mol. The van der Waals surface area contributed by atoms with Gasteiger partial charge in [0.25, 0.3) is 0 Å². The first-order valence-corrected chi connectivity index (χ1v) is 10.4. The number of nitrogens with zero attached hydrogens (tertiary/aromatic N) is 1. The fraction of sp³-hybridized carbons (Fsp3) is 0.200. The third kappa shape index (κ3) is 7.81. The highest BCUT2D eigenvalue weighted by atomic mass is 19.1. The van der Waals surface area contributed by atoms with Crippen LogP contribution < -0.4 is 10.2 Å². The van der Waals surface area contributed by atoms with Gasteiger partial charge in [-0.2, -0.15) is 0 Å².